The van der Waals surface area contributed by atoms with E-state index in [1.165, 1.54) is 42.5 Å². The van der Waals surface area contributed by atoms with Gasteiger partial charge in [0, 0.05) is 54.3 Å². The zero-order valence-corrected chi connectivity index (χ0v) is 33.3. The maximum absolute atomic E-state index is 6.72. The molecule has 12 rings (SSSR count). The number of para-hydroxylation sites is 5. The van der Waals surface area contributed by atoms with Crippen LogP contribution in [0.4, 0.5) is 34.1 Å². The number of fused-ring (bicyclic) bond motifs is 7. The highest BCUT2D eigenvalue weighted by Gasteiger charge is 2.25. The van der Waals surface area contributed by atoms with Crippen molar-refractivity contribution in [2.24, 2.45) is 0 Å². The Morgan fingerprint density at radius 2 is 0.983 bits per heavy atom. The summed E-state index contributed by atoms with van der Waals surface area (Å²) in [5.74, 6) is 0. The number of benzene rings is 10. The second kappa shape index (κ2) is 14.1. The third-order valence-corrected chi connectivity index (χ3v) is 12.9. The van der Waals surface area contributed by atoms with E-state index in [0.29, 0.717) is 0 Å². The first-order valence-electron chi connectivity index (χ1n) is 20.3. The van der Waals surface area contributed by atoms with Crippen molar-refractivity contribution in [3.05, 3.63) is 218 Å². The van der Waals surface area contributed by atoms with E-state index in [9.17, 15) is 0 Å². The molecule has 10 aromatic carbocycles. The van der Waals surface area contributed by atoms with Gasteiger partial charge < -0.3 is 14.2 Å². The summed E-state index contributed by atoms with van der Waals surface area (Å²) >= 11 is 1.86. The van der Waals surface area contributed by atoms with Gasteiger partial charge in [0.25, 0.3) is 0 Å². The Balaban J connectivity index is 1.05. The minimum Gasteiger partial charge on any atom is -0.454 e. The van der Waals surface area contributed by atoms with Gasteiger partial charge in [0.05, 0.1) is 11.4 Å². The fraction of sp³-hybridized carbons (Fsp3) is 0. The fourth-order valence-corrected chi connectivity index (χ4v) is 10.3. The summed E-state index contributed by atoms with van der Waals surface area (Å²) in [5, 5.41) is 7.18. The van der Waals surface area contributed by atoms with Gasteiger partial charge in [-0.1, -0.05) is 151 Å². The molecule has 0 amide bonds. The summed E-state index contributed by atoms with van der Waals surface area (Å²) in [7, 11) is 0. The van der Waals surface area contributed by atoms with E-state index < -0.39 is 0 Å². The summed E-state index contributed by atoms with van der Waals surface area (Å²) in [5.41, 5.74) is 13.1. The first-order chi connectivity index (χ1) is 29.8. The topological polar surface area (TPSA) is 19.6 Å². The molecule has 2 heterocycles. The lowest BCUT2D eigenvalue weighted by Crippen LogP contribution is -2.11. The van der Waals surface area contributed by atoms with Crippen LogP contribution in [0.1, 0.15) is 0 Å². The van der Waals surface area contributed by atoms with Gasteiger partial charge >= 0.3 is 0 Å². The Morgan fingerprint density at radius 1 is 0.350 bits per heavy atom. The maximum Gasteiger partial charge on any atom is 0.159 e. The van der Waals surface area contributed by atoms with Gasteiger partial charge in [0.15, 0.2) is 5.58 Å². The Bertz CT molecular complexity index is 3380. The molecule has 1 aliphatic heterocycles. The molecule has 3 nitrogen and oxygen atoms in total. The Morgan fingerprint density at radius 3 is 1.80 bits per heavy atom. The van der Waals surface area contributed by atoms with Crippen LogP contribution in [0.5, 0.6) is 0 Å². The fourth-order valence-electron chi connectivity index (χ4n) is 9.12. The van der Waals surface area contributed by atoms with Crippen molar-refractivity contribution in [1.29, 1.82) is 0 Å². The quantitative estimate of drug-likeness (QED) is 0.150. The molecule has 0 saturated heterocycles. The molecule has 60 heavy (non-hydrogen) atoms. The molecule has 0 fully saturated rings. The minimum absolute atomic E-state index is 0.865. The molecule has 282 valence electrons. The minimum atomic E-state index is 0.865. The Hall–Kier alpha value is -7.53. The molecule has 0 aliphatic carbocycles. The lowest BCUT2D eigenvalue weighted by Gasteiger charge is -2.29. The summed E-state index contributed by atoms with van der Waals surface area (Å²) in [6.45, 7) is 0. The van der Waals surface area contributed by atoms with E-state index in [4.69, 9.17) is 4.42 Å². The van der Waals surface area contributed by atoms with Crippen molar-refractivity contribution in [3.8, 4) is 22.3 Å². The van der Waals surface area contributed by atoms with E-state index in [1.807, 2.05) is 17.8 Å². The van der Waals surface area contributed by atoms with Gasteiger partial charge in [0.2, 0.25) is 0 Å². The van der Waals surface area contributed by atoms with Crippen LogP contribution in [-0.4, -0.2) is 0 Å². The second-order valence-corrected chi connectivity index (χ2v) is 16.4. The van der Waals surface area contributed by atoms with Crippen molar-refractivity contribution in [1.82, 2.24) is 0 Å². The number of anilines is 6. The predicted molar refractivity (Wildman–Crippen MR) is 253 cm³/mol. The highest BCUT2D eigenvalue weighted by atomic mass is 32.2. The average Bonchev–Trinajstić information content (AvgIpc) is 3.70. The van der Waals surface area contributed by atoms with E-state index in [0.717, 1.165) is 67.2 Å². The SMILES string of the molecule is c1ccc(-c2ccccc2N(c2ccc3cc4c5c(cccc5c3c2)Sc2cc(N(c3ccccc3)c3ccccc3)ccc2-4)c2cccc3c2oc2ccccc23)cc1. The lowest BCUT2D eigenvalue weighted by molar-refractivity contribution is 0.669. The van der Waals surface area contributed by atoms with Crippen molar-refractivity contribution < 1.29 is 4.42 Å². The van der Waals surface area contributed by atoms with Crippen LogP contribution < -0.4 is 9.80 Å². The highest BCUT2D eigenvalue weighted by Crippen LogP contribution is 2.53. The molecule has 0 N–H and O–H groups in total. The van der Waals surface area contributed by atoms with E-state index in [2.05, 4.69) is 222 Å². The van der Waals surface area contributed by atoms with Crippen LogP contribution in [0, 0.1) is 0 Å². The largest absolute Gasteiger partial charge is 0.454 e. The van der Waals surface area contributed by atoms with Crippen molar-refractivity contribution in [2.45, 2.75) is 9.79 Å². The number of hydrogen-bond acceptors (Lipinski definition) is 4. The van der Waals surface area contributed by atoms with Gasteiger partial charge in [-0.05, 0) is 112 Å². The van der Waals surface area contributed by atoms with Gasteiger partial charge in [-0.3, -0.25) is 0 Å². The highest BCUT2D eigenvalue weighted by molar-refractivity contribution is 7.99. The number of nitrogens with zero attached hydrogens (tertiary/aromatic N) is 2. The summed E-state index contributed by atoms with van der Waals surface area (Å²) < 4.78 is 6.72. The van der Waals surface area contributed by atoms with Crippen LogP contribution in [0.2, 0.25) is 0 Å². The number of rotatable bonds is 7. The normalized spacial score (nSPS) is 11.9. The molecule has 4 heteroatoms. The molecule has 0 atom stereocenters. The molecular formula is C56H36N2OS. The lowest BCUT2D eigenvalue weighted by atomic mass is 9.92. The molecule has 0 radical (unpaired) electrons. The van der Waals surface area contributed by atoms with Crippen molar-refractivity contribution in [2.75, 3.05) is 9.80 Å². The Labute approximate surface area is 352 Å². The molecule has 1 aliphatic rings. The van der Waals surface area contributed by atoms with E-state index in [1.54, 1.807) is 0 Å². The smallest absolute Gasteiger partial charge is 0.159 e. The molecule has 0 unspecified atom stereocenters. The molecule has 1 aromatic heterocycles. The van der Waals surface area contributed by atoms with Gasteiger partial charge in [-0.2, -0.15) is 0 Å². The zero-order chi connectivity index (χ0) is 39.6. The first-order valence-corrected chi connectivity index (χ1v) is 21.2. The van der Waals surface area contributed by atoms with Gasteiger partial charge in [-0.15, -0.1) is 0 Å². The predicted octanol–water partition coefficient (Wildman–Crippen LogP) is 16.6. The third kappa shape index (κ3) is 5.60. The maximum atomic E-state index is 6.72. The zero-order valence-electron chi connectivity index (χ0n) is 32.5. The first kappa shape index (κ1) is 34.5. The molecule has 11 aromatic rings. The Kier molecular flexibility index (Phi) is 8.10. The van der Waals surface area contributed by atoms with Gasteiger partial charge in [-0.25, -0.2) is 0 Å². The number of furan rings is 1. The summed E-state index contributed by atoms with van der Waals surface area (Å²) in [6.07, 6.45) is 0. The molecule has 0 spiro atoms. The second-order valence-electron chi connectivity index (χ2n) is 15.3. The average molecular weight is 785 g/mol. The summed E-state index contributed by atoms with van der Waals surface area (Å²) in [4.78, 5) is 7.25. The molecule has 0 saturated carbocycles. The van der Waals surface area contributed by atoms with Crippen molar-refractivity contribution >= 4 is 89.4 Å². The van der Waals surface area contributed by atoms with Crippen LogP contribution in [0.3, 0.4) is 0 Å². The molecule has 0 bridgehead atoms. The molecular weight excluding hydrogens is 749 g/mol. The van der Waals surface area contributed by atoms with E-state index >= 15 is 0 Å². The van der Waals surface area contributed by atoms with Crippen LogP contribution in [-0.2, 0) is 0 Å². The van der Waals surface area contributed by atoms with Crippen LogP contribution in [0.25, 0.3) is 65.7 Å². The van der Waals surface area contributed by atoms with Gasteiger partial charge in [0.1, 0.15) is 5.58 Å². The monoisotopic (exact) mass is 784 g/mol. The standard InChI is InChI=1S/C56H36N2OS/c1-4-16-37(17-5-1)43-22-10-12-26-50(43)58(51-27-14-25-47-44-23-11-13-28-52(44)59-56(47)51)41-31-30-38-34-49-45-33-32-42(57(39-18-6-2-7-19-39)40-20-8-3-9-21-40)36-54(45)60-53-29-15-24-46(55(49)53)48(38)35-41/h1-36H. The number of hydrogen-bond donors (Lipinski definition) is 0. The van der Waals surface area contributed by atoms with E-state index in [-0.39, 0.29) is 0 Å². The van der Waals surface area contributed by atoms with Crippen LogP contribution in [0.15, 0.2) is 233 Å². The van der Waals surface area contributed by atoms with Crippen molar-refractivity contribution in [3.63, 3.8) is 0 Å². The third-order valence-electron chi connectivity index (χ3n) is 11.8. The summed E-state index contributed by atoms with van der Waals surface area (Å²) in [6, 6.07) is 78.5. The van der Waals surface area contributed by atoms with Crippen LogP contribution >= 0.6 is 11.8 Å².